The Morgan fingerprint density at radius 1 is 1.15 bits per heavy atom. The molecule has 0 radical (unpaired) electrons. The Kier molecular flexibility index (Phi) is 8.95. The second-order valence-electron chi connectivity index (χ2n) is 12.4. The van der Waals surface area contributed by atoms with Gasteiger partial charge in [0.1, 0.15) is 10.7 Å². The number of aromatic amines is 1. The molecule has 3 aromatic carbocycles. The van der Waals surface area contributed by atoms with Crippen LogP contribution < -0.4 is 4.74 Å². The van der Waals surface area contributed by atoms with Gasteiger partial charge >= 0.3 is 0 Å². The van der Waals surface area contributed by atoms with Crippen LogP contribution in [0.25, 0.3) is 28.2 Å². The van der Waals surface area contributed by atoms with Gasteiger partial charge in [0.05, 0.1) is 17.5 Å². The predicted octanol–water partition coefficient (Wildman–Crippen LogP) is 8.25. The first-order valence-corrected chi connectivity index (χ1v) is 17.4. The number of hydrogen-bond acceptors (Lipinski definition) is 6. The smallest absolute Gasteiger partial charge is 0.191 e. The van der Waals surface area contributed by atoms with Crippen molar-refractivity contribution in [1.82, 2.24) is 14.8 Å². The molecule has 46 heavy (non-hydrogen) atoms. The number of nitrogens with zero attached hydrogens (tertiary/aromatic N) is 2. The maximum absolute atomic E-state index is 15.8. The van der Waals surface area contributed by atoms with E-state index in [-0.39, 0.29) is 28.0 Å². The first-order chi connectivity index (χ1) is 21.9. The van der Waals surface area contributed by atoms with E-state index in [0.29, 0.717) is 35.9 Å². The monoisotopic (exact) mass is 707 g/mol. The normalized spacial score (nSPS) is 20.0. The van der Waals surface area contributed by atoms with E-state index in [1.165, 1.54) is 19.3 Å². The Bertz CT molecular complexity index is 2030. The van der Waals surface area contributed by atoms with Crippen molar-refractivity contribution >= 4 is 42.7 Å². The van der Waals surface area contributed by atoms with E-state index < -0.39 is 27.4 Å². The number of aromatic nitrogens is 3. The molecule has 2 unspecified atom stereocenters. The molecular formula is C35H35BrFN3O5S. The van der Waals surface area contributed by atoms with E-state index in [2.05, 4.69) is 33.0 Å². The summed E-state index contributed by atoms with van der Waals surface area (Å²) in [6.45, 7) is 3.79. The zero-order valence-corrected chi connectivity index (χ0v) is 28.1. The van der Waals surface area contributed by atoms with E-state index in [1.807, 2.05) is 49.0 Å². The molecule has 0 saturated carbocycles. The zero-order valence-electron chi connectivity index (χ0n) is 25.7. The van der Waals surface area contributed by atoms with Gasteiger partial charge in [-0.05, 0) is 66.3 Å². The fraction of sp³-hybridized carbons (Fsp3) is 0.286. The molecule has 5 aromatic rings. The summed E-state index contributed by atoms with van der Waals surface area (Å²) in [7, 11) is -2.89. The van der Waals surface area contributed by atoms with Gasteiger partial charge in [0, 0.05) is 52.1 Å². The summed E-state index contributed by atoms with van der Waals surface area (Å²) in [6, 6.07) is 20.1. The van der Waals surface area contributed by atoms with Crippen LogP contribution in [0.1, 0.15) is 50.3 Å². The van der Waals surface area contributed by atoms with Crippen LogP contribution in [0.3, 0.4) is 0 Å². The molecule has 0 aliphatic carbocycles. The molecule has 2 N–H and O–H groups in total. The van der Waals surface area contributed by atoms with Crippen molar-refractivity contribution in [2.75, 3.05) is 12.9 Å². The Balaban J connectivity index is 1.54. The lowest BCUT2D eigenvalue weighted by Gasteiger charge is -2.27. The van der Waals surface area contributed by atoms with Gasteiger partial charge in [0.2, 0.25) is 0 Å². The van der Waals surface area contributed by atoms with Crippen molar-refractivity contribution in [3.8, 4) is 22.8 Å². The fourth-order valence-corrected chi connectivity index (χ4v) is 8.57. The second kappa shape index (κ2) is 12.8. The third-order valence-electron chi connectivity index (χ3n) is 8.34. The van der Waals surface area contributed by atoms with Gasteiger partial charge in [-0.15, -0.1) is 0 Å². The lowest BCUT2D eigenvalue weighted by molar-refractivity contribution is -0.0386. The fourth-order valence-electron chi connectivity index (χ4n) is 6.11. The van der Waals surface area contributed by atoms with E-state index in [1.54, 1.807) is 30.5 Å². The van der Waals surface area contributed by atoms with Crippen molar-refractivity contribution in [2.24, 2.45) is 5.41 Å². The maximum atomic E-state index is 15.8. The highest BCUT2D eigenvalue weighted by Crippen LogP contribution is 2.39. The number of methoxy groups -OCH3 is 1. The number of fused-ring (bicyclic) bond motifs is 8. The molecule has 0 saturated heterocycles. The largest absolute Gasteiger partial charge is 0.454 e. The Labute approximate surface area is 275 Å². The van der Waals surface area contributed by atoms with Crippen molar-refractivity contribution < 1.29 is 27.4 Å². The molecule has 3 heterocycles. The van der Waals surface area contributed by atoms with E-state index >= 15 is 4.39 Å². The van der Waals surface area contributed by atoms with Gasteiger partial charge in [0.25, 0.3) is 0 Å². The van der Waals surface area contributed by atoms with Crippen molar-refractivity contribution in [3.05, 3.63) is 105 Å². The van der Waals surface area contributed by atoms with Crippen LogP contribution in [-0.2, 0) is 14.6 Å². The summed E-state index contributed by atoms with van der Waals surface area (Å²) >= 11 is 3.59. The van der Waals surface area contributed by atoms with Gasteiger partial charge in [-0.2, -0.15) is 5.10 Å². The molecule has 240 valence electrons. The minimum atomic E-state index is -4.11. The maximum Gasteiger partial charge on any atom is 0.191 e. The lowest BCUT2D eigenvalue weighted by Crippen LogP contribution is -2.30. The Morgan fingerprint density at radius 2 is 1.96 bits per heavy atom. The van der Waals surface area contributed by atoms with Crippen molar-refractivity contribution in [3.63, 3.8) is 0 Å². The topological polar surface area (TPSA) is 106 Å². The molecule has 2 aromatic heterocycles. The average Bonchev–Trinajstić information content (AvgIpc) is 3.68. The second-order valence-corrected chi connectivity index (χ2v) is 15.3. The summed E-state index contributed by atoms with van der Waals surface area (Å²) in [5.41, 5.74) is 2.50. The molecule has 1 aliphatic rings. The van der Waals surface area contributed by atoms with Gasteiger partial charge in [0.15, 0.2) is 27.7 Å². The molecule has 11 heteroatoms. The van der Waals surface area contributed by atoms with Gasteiger partial charge in [-0.3, -0.25) is 4.68 Å². The number of halogens is 2. The summed E-state index contributed by atoms with van der Waals surface area (Å²) < 4.78 is 58.1. The molecule has 0 fully saturated rings. The number of H-pyrrole nitrogens is 1. The summed E-state index contributed by atoms with van der Waals surface area (Å²) in [5, 5.41) is 16.4. The minimum Gasteiger partial charge on any atom is -0.454 e. The highest BCUT2D eigenvalue weighted by molar-refractivity contribution is 9.10. The number of aliphatic hydroxyl groups excluding tert-OH is 1. The number of ether oxygens (including phenoxy) is 2. The van der Waals surface area contributed by atoms with Crippen LogP contribution in [0.2, 0.25) is 0 Å². The molecule has 4 bridgehead atoms. The first kappa shape index (κ1) is 32.2. The van der Waals surface area contributed by atoms with Crippen LogP contribution in [0.15, 0.2) is 88.5 Å². The zero-order chi connectivity index (χ0) is 32.6. The lowest BCUT2D eigenvalue weighted by atomic mass is 9.88. The molecule has 1 aliphatic heterocycles. The van der Waals surface area contributed by atoms with Gasteiger partial charge in [-0.1, -0.05) is 60.5 Å². The third kappa shape index (κ3) is 6.69. The Hall–Kier alpha value is -3.77. The summed E-state index contributed by atoms with van der Waals surface area (Å²) in [4.78, 5) is 2.61. The Morgan fingerprint density at radius 3 is 2.74 bits per heavy atom. The van der Waals surface area contributed by atoms with Crippen LogP contribution in [0.4, 0.5) is 4.39 Å². The van der Waals surface area contributed by atoms with Crippen LogP contribution in [0, 0.1) is 11.2 Å². The molecule has 6 rings (SSSR count). The number of sulfone groups is 1. The van der Waals surface area contributed by atoms with E-state index in [4.69, 9.17) is 14.6 Å². The predicted molar refractivity (Wildman–Crippen MR) is 181 cm³/mol. The molecular weight excluding hydrogens is 673 g/mol. The summed E-state index contributed by atoms with van der Waals surface area (Å²) in [6.07, 6.45) is 5.08. The number of hydrogen-bond donors (Lipinski definition) is 2. The molecule has 0 amide bonds. The molecule has 2 atom stereocenters. The van der Waals surface area contributed by atoms with E-state index in [9.17, 15) is 13.5 Å². The quantitative estimate of drug-likeness (QED) is 0.183. The SMILES string of the molecule is COC(O)/C1=C\c2c(c(F)cc3[nH]ccc23)Oc2cccc(c2)-c2ccn(n2)C(c2cccc(Br)c2)CCCC(C)(C)CS1(=O)=O. The van der Waals surface area contributed by atoms with E-state index in [0.717, 1.165) is 21.3 Å². The van der Waals surface area contributed by atoms with Gasteiger partial charge in [-0.25, -0.2) is 12.8 Å². The third-order valence-corrected chi connectivity index (χ3v) is 11.0. The number of benzene rings is 3. The number of nitrogens with one attached hydrogen (secondary N) is 1. The average molecular weight is 709 g/mol. The highest BCUT2D eigenvalue weighted by atomic mass is 79.9. The van der Waals surface area contributed by atoms with Crippen LogP contribution in [0.5, 0.6) is 11.5 Å². The molecule has 8 nitrogen and oxygen atoms in total. The van der Waals surface area contributed by atoms with Crippen molar-refractivity contribution in [1.29, 1.82) is 0 Å². The van der Waals surface area contributed by atoms with Crippen LogP contribution >= 0.6 is 15.9 Å². The standard InChI is InChI=1S/C35H35BrFN3O5S/c1-35(2)14-6-11-31(23-8-4-9-24(36)17-23)40-16-13-29(39-40)22-7-5-10-25(18-22)45-33-27(26-12-15-38-30(26)20-28(33)37)19-32(34(41)44-3)46(42,43)21-35/h4-5,7-10,12-13,15-20,31,34,38,41H,6,11,14,21H2,1-3H3/b32-19+. The van der Waals surface area contributed by atoms with Gasteiger partial charge < -0.3 is 19.6 Å². The number of aliphatic hydroxyl groups is 1. The minimum absolute atomic E-state index is 0.104. The highest BCUT2D eigenvalue weighted by Gasteiger charge is 2.33. The molecule has 0 spiro atoms. The number of rotatable bonds is 3. The van der Waals surface area contributed by atoms with Crippen LogP contribution in [-0.4, -0.2) is 47.4 Å². The first-order valence-electron chi connectivity index (χ1n) is 15.0. The summed E-state index contributed by atoms with van der Waals surface area (Å²) in [5.74, 6) is -0.811. The van der Waals surface area contributed by atoms with Crippen molar-refractivity contribution in [2.45, 2.75) is 45.4 Å².